The fourth-order valence-electron chi connectivity index (χ4n) is 4.98. The number of benzene rings is 1. The van der Waals surface area contributed by atoms with Gasteiger partial charge in [0.2, 0.25) is 5.95 Å². The zero-order valence-corrected chi connectivity index (χ0v) is 17.7. The molecule has 0 spiro atoms. The van der Waals surface area contributed by atoms with Crippen molar-refractivity contribution in [2.24, 2.45) is 0 Å². The summed E-state index contributed by atoms with van der Waals surface area (Å²) >= 11 is 0. The van der Waals surface area contributed by atoms with Crippen molar-refractivity contribution in [3.8, 4) is 11.3 Å². The van der Waals surface area contributed by atoms with Crippen LogP contribution in [0.15, 0.2) is 42.6 Å². The number of fused-ring (bicyclic) bond motifs is 3. The lowest BCUT2D eigenvalue weighted by Crippen LogP contribution is -2.44. The van der Waals surface area contributed by atoms with Gasteiger partial charge in [0.1, 0.15) is 6.10 Å². The summed E-state index contributed by atoms with van der Waals surface area (Å²) in [6.07, 6.45) is 4.59. The second-order valence-corrected chi connectivity index (χ2v) is 8.76. The minimum atomic E-state index is -0.125. The van der Waals surface area contributed by atoms with Gasteiger partial charge in [-0.15, -0.1) is 0 Å². The van der Waals surface area contributed by atoms with Gasteiger partial charge in [-0.25, -0.2) is 9.97 Å². The Morgan fingerprint density at radius 2 is 1.87 bits per heavy atom. The van der Waals surface area contributed by atoms with Crippen molar-refractivity contribution >= 4 is 16.9 Å². The predicted molar refractivity (Wildman–Crippen MR) is 119 cm³/mol. The van der Waals surface area contributed by atoms with E-state index in [1.807, 2.05) is 24.4 Å². The van der Waals surface area contributed by atoms with Crippen LogP contribution in [0.5, 0.6) is 0 Å². The molecule has 3 aromatic rings. The van der Waals surface area contributed by atoms with Crippen LogP contribution in [0.25, 0.3) is 22.2 Å². The molecule has 1 aromatic carbocycles. The highest BCUT2D eigenvalue weighted by Crippen LogP contribution is 2.33. The molecule has 3 aliphatic rings. The summed E-state index contributed by atoms with van der Waals surface area (Å²) in [5.74, 6) is 0.772. The third-order valence-electron chi connectivity index (χ3n) is 6.58. The van der Waals surface area contributed by atoms with E-state index in [1.54, 1.807) is 0 Å². The SMILES string of the molecule is CC1NCCOC1c1nc(N2CC3CCC(C2)O3)nc2cc(-c3ccccc3)ncc12. The van der Waals surface area contributed by atoms with E-state index in [4.69, 9.17) is 24.4 Å². The molecule has 31 heavy (non-hydrogen) atoms. The molecule has 160 valence electrons. The molecule has 0 radical (unpaired) electrons. The van der Waals surface area contributed by atoms with Crippen molar-refractivity contribution in [2.75, 3.05) is 31.1 Å². The summed E-state index contributed by atoms with van der Waals surface area (Å²) < 4.78 is 12.2. The highest BCUT2D eigenvalue weighted by Gasteiger charge is 2.36. The molecule has 0 saturated carbocycles. The van der Waals surface area contributed by atoms with Crippen molar-refractivity contribution in [3.63, 3.8) is 0 Å². The van der Waals surface area contributed by atoms with Gasteiger partial charge in [0.15, 0.2) is 0 Å². The number of aromatic nitrogens is 3. The second-order valence-electron chi connectivity index (χ2n) is 8.76. The van der Waals surface area contributed by atoms with Crippen molar-refractivity contribution < 1.29 is 9.47 Å². The Balaban J connectivity index is 1.47. The van der Waals surface area contributed by atoms with Crippen LogP contribution < -0.4 is 10.2 Å². The molecule has 3 fully saturated rings. The second kappa shape index (κ2) is 7.82. The molecule has 3 saturated heterocycles. The predicted octanol–water partition coefficient (Wildman–Crippen LogP) is 3.11. The molecule has 7 heteroatoms. The van der Waals surface area contributed by atoms with Gasteiger partial charge in [0.25, 0.3) is 0 Å². The molecule has 2 aromatic heterocycles. The highest BCUT2D eigenvalue weighted by atomic mass is 16.5. The van der Waals surface area contributed by atoms with Crippen molar-refractivity contribution in [1.29, 1.82) is 0 Å². The number of morpholine rings is 2. The van der Waals surface area contributed by atoms with Gasteiger partial charge < -0.3 is 19.7 Å². The number of pyridine rings is 1. The van der Waals surface area contributed by atoms with E-state index in [0.717, 1.165) is 66.3 Å². The number of hydrogen-bond acceptors (Lipinski definition) is 7. The molecule has 1 N–H and O–H groups in total. The first kappa shape index (κ1) is 19.1. The quantitative estimate of drug-likeness (QED) is 0.702. The van der Waals surface area contributed by atoms with Crippen molar-refractivity contribution in [1.82, 2.24) is 20.3 Å². The lowest BCUT2D eigenvalue weighted by Gasteiger charge is -2.34. The van der Waals surface area contributed by atoms with Crippen molar-refractivity contribution in [3.05, 3.63) is 48.3 Å². The monoisotopic (exact) mass is 417 g/mol. The number of ether oxygens (including phenoxy) is 2. The van der Waals surface area contributed by atoms with Crippen molar-refractivity contribution in [2.45, 2.75) is 44.1 Å². The van der Waals surface area contributed by atoms with E-state index in [1.165, 1.54) is 0 Å². The van der Waals surface area contributed by atoms with Gasteiger partial charge in [0.05, 0.1) is 35.7 Å². The molecule has 3 aliphatic heterocycles. The fraction of sp³-hybridized carbons (Fsp3) is 0.458. The Morgan fingerprint density at radius 1 is 1.06 bits per heavy atom. The standard InChI is InChI=1S/C24H27N5O2/c1-15-23(30-10-9-25-15)22-19-12-26-20(16-5-3-2-4-6-16)11-21(19)27-24(28-22)29-13-17-7-8-18(14-29)31-17/h2-6,11-12,15,17-18,23,25H,7-10,13-14H2,1H3. The van der Waals surface area contributed by atoms with Gasteiger partial charge >= 0.3 is 0 Å². The molecule has 0 aliphatic carbocycles. The number of hydrogen-bond donors (Lipinski definition) is 1. The molecule has 4 unspecified atom stereocenters. The molecule has 2 bridgehead atoms. The smallest absolute Gasteiger partial charge is 0.226 e. The third-order valence-corrected chi connectivity index (χ3v) is 6.58. The molecule has 5 heterocycles. The van der Waals surface area contributed by atoms with Crippen LogP contribution in [-0.4, -0.2) is 59.4 Å². The lowest BCUT2D eigenvalue weighted by molar-refractivity contribution is -0.00197. The third kappa shape index (κ3) is 3.56. The van der Waals surface area contributed by atoms with Crippen LogP contribution in [0, 0.1) is 0 Å². The zero-order valence-electron chi connectivity index (χ0n) is 17.7. The molecule has 4 atom stereocenters. The van der Waals surface area contributed by atoms with Crippen LogP contribution in [-0.2, 0) is 9.47 Å². The summed E-state index contributed by atoms with van der Waals surface area (Å²) in [4.78, 5) is 17.1. The van der Waals surface area contributed by atoms with E-state index in [9.17, 15) is 0 Å². The zero-order chi connectivity index (χ0) is 20.8. The molecule has 6 rings (SSSR count). The lowest BCUT2D eigenvalue weighted by atomic mass is 10.0. The number of nitrogens with zero attached hydrogens (tertiary/aromatic N) is 4. The van der Waals surface area contributed by atoms with Gasteiger partial charge in [0, 0.05) is 42.8 Å². The Labute approximate surface area is 181 Å². The average Bonchev–Trinajstić information content (AvgIpc) is 3.16. The number of anilines is 1. The van der Waals surface area contributed by atoms with E-state index in [0.29, 0.717) is 6.61 Å². The van der Waals surface area contributed by atoms with Crippen LogP contribution in [0.3, 0.4) is 0 Å². The van der Waals surface area contributed by atoms with Crippen LogP contribution >= 0.6 is 0 Å². The maximum Gasteiger partial charge on any atom is 0.226 e. The number of rotatable bonds is 3. The Kier molecular flexibility index (Phi) is 4.82. The number of nitrogens with one attached hydrogen (secondary N) is 1. The first-order chi connectivity index (χ1) is 15.2. The van der Waals surface area contributed by atoms with E-state index < -0.39 is 0 Å². The molecular weight excluding hydrogens is 390 g/mol. The molecular formula is C24H27N5O2. The summed E-state index contributed by atoms with van der Waals surface area (Å²) in [5.41, 5.74) is 3.83. The van der Waals surface area contributed by atoms with Gasteiger partial charge in [-0.3, -0.25) is 4.98 Å². The maximum atomic E-state index is 6.17. The average molecular weight is 418 g/mol. The Morgan fingerprint density at radius 3 is 2.65 bits per heavy atom. The fourth-order valence-corrected chi connectivity index (χ4v) is 4.98. The van der Waals surface area contributed by atoms with E-state index in [-0.39, 0.29) is 24.4 Å². The van der Waals surface area contributed by atoms with Crippen LogP contribution in [0.4, 0.5) is 5.95 Å². The minimum absolute atomic E-state index is 0.125. The van der Waals surface area contributed by atoms with Gasteiger partial charge in [-0.05, 0) is 25.8 Å². The minimum Gasteiger partial charge on any atom is -0.371 e. The topological polar surface area (TPSA) is 72.4 Å². The van der Waals surface area contributed by atoms with E-state index in [2.05, 4.69) is 35.3 Å². The maximum absolute atomic E-state index is 6.17. The van der Waals surface area contributed by atoms with Gasteiger partial charge in [-0.1, -0.05) is 30.3 Å². The van der Waals surface area contributed by atoms with Crippen LogP contribution in [0.2, 0.25) is 0 Å². The summed E-state index contributed by atoms with van der Waals surface area (Å²) in [5, 5.41) is 4.47. The summed E-state index contributed by atoms with van der Waals surface area (Å²) in [6, 6.07) is 12.5. The molecule has 7 nitrogen and oxygen atoms in total. The summed E-state index contributed by atoms with van der Waals surface area (Å²) in [7, 11) is 0. The Hall–Kier alpha value is -2.61. The largest absolute Gasteiger partial charge is 0.371 e. The van der Waals surface area contributed by atoms with Crippen LogP contribution in [0.1, 0.15) is 31.6 Å². The van der Waals surface area contributed by atoms with E-state index >= 15 is 0 Å². The Bertz CT molecular complexity index is 1080. The molecule has 0 amide bonds. The summed E-state index contributed by atoms with van der Waals surface area (Å²) in [6.45, 7) is 5.37. The first-order valence-electron chi connectivity index (χ1n) is 11.2. The normalized spacial score (nSPS) is 28.2. The highest BCUT2D eigenvalue weighted by molar-refractivity contribution is 5.85. The first-order valence-corrected chi connectivity index (χ1v) is 11.2. The van der Waals surface area contributed by atoms with Gasteiger partial charge in [-0.2, -0.15) is 0 Å².